The van der Waals surface area contributed by atoms with Crippen molar-refractivity contribution in [3.63, 3.8) is 0 Å². The molecular weight excluding hydrogens is 433 g/mol. The SMILES string of the molecule is Cc1oc2cc(OC(=O)CN3CCSC3=O)ccc2c(=O)c1-c1c(F)cccc1Cl. The Morgan fingerprint density at radius 2 is 2.07 bits per heavy atom. The van der Waals surface area contributed by atoms with E-state index in [4.69, 9.17) is 20.8 Å². The average Bonchev–Trinajstić information content (AvgIpc) is 3.08. The molecule has 1 aliphatic heterocycles. The van der Waals surface area contributed by atoms with E-state index in [0.717, 1.165) is 11.8 Å². The van der Waals surface area contributed by atoms with Gasteiger partial charge in [0.05, 0.1) is 16.0 Å². The molecule has 1 amide bonds. The summed E-state index contributed by atoms with van der Waals surface area (Å²) in [5.41, 5.74) is -0.235. The summed E-state index contributed by atoms with van der Waals surface area (Å²) in [6.07, 6.45) is 0. The Balaban J connectivity index is 1.67. The summed E-state index contributed by atoms with van der Waals surface area (Å²) in [7, 11) is 0. The minimum atomic E-state index is -0.627. The van der Waals surface area contributed by atoms with E-state index in [0.29, 0.717) is 12.3 Å². The Kier molecular flexibility index (Phi) is 5.53. The highest BCUT2D eigenvalue weighted by Gasteiger charge is 2.24. The zero-order chi connectivity index (χ0) is 21.4. The van der Waals surface area contributed by atoms with Gasteiger partial charge in [0.15, 0.2) is 0 Å². The van der Waals surface area contributed by atoms with Crippen molar-refractivity contribution >= 4 is 45.5 Å². The summed E-state index contributed by atoms with van der Waals surface area (Å²) in [5, 5.41) is 0.136. The Hall–Kier alpha value is -2.84. The molecule has 2 heterocycles. The molecule has 0 atom stereocenters. The van der Waals surface area contributed by atoms with E-state index in [1.165, 1.54) is 48.2 Å². The molecule has 3 aromatic rings. The quantitative estimate of drug-likeness (QED) is 0.428. The lowest BCUT2D eigenvalue weighted by Gasteiger charge is -2.13. The van der Waals surface area contributed by atoms with Crippen molar-refractivity contribution in [2.24, 2.45) is 0 Å². The van der Waals surface area contributed by atoms with Gasteiger partial charge >= 0.3 is 5.97 Å². The summed E-state index contributed by atoms with van der Waals surface area (Å²) >= 11 is 7.27. The lowest BCUT2D eigenvalue weighted by molar-refractivity contribution is -0.134. The number of halogens is 2. The van der Waals surface area contributed by atoms with Crippen LogP contribution in [0.4, 0.5) is 9.18 Å². The van der Waals surface area contributed by atoms with E-state index in [-0.39, 0.29) is 50.4 Å². The zero-order valence-electron chi connectivity index (χ0n) is 15.7. The molecule has 0 radical (unpaired) electrons. The first kappa shape index (κ1) is 20.4. The lowest BCUT2D eigenvalue weighted by Crippen LogP contribution is -2.32. The molecule has 0 spiro atoms. The van der Waals surface area contributed by atoms with Crippen molar-refractivity contribution in [1.82, 2.24) is 4.90 Å². The van der Waals surface area contributed by atoms with E-state index >= 15 is 0 Å². The van der Waals surface area contributed by atoms with Gasteiger partial charge in [0, 0.05) is 23.9 Å². The number of carbonyl (C=O) groups is 2. The molecule has 6 nitrogen and oxygen atoms in total. The fourth-order valence-corrected chi connectivity index (χ4v) is 4.35. The van der Waals surface area contributed by atoms with Crippen LogP contribution < -0.4 is 10.2 Å². The number of nitrogens with zero attached hydrogens (tertiary/aromatic N) is 1. The number of hydrogen-bond donors (Lipinski definition) is 0. The van der Waals surface area contributed by atoms with Crippen LogP contribution in [0, 0.1) is 12.7 Å². The van der Waals surface area contributed by atoms with E-state index in [1.54, 1.807) is 0 Å². The third-order valence-corrected chi connectivity index (χ3v) is 5.86. The predicted molar refractivity (Wildman–Crippen MR) is 113 cm³/mol. The summed E-state index contributed by atoms with van der Waals surface area (Å²) in [6.45, 7) is 1.87. The second-order valence-electron chi connectivity index (χ2n) is 6.63. The van der Waals surface area contributed by atoms with Crippen molar-refractivity contribution in [2.75, 3.05) is 18.8 Å². The van der Waals surface area contributed by atoms with Crippen LogP contribution in [-0.2, 0) is 4.79 Å². The third-order valence-electron chi connectivity index (χ3n) is 4.65. The van der Waals surface area contributed by atoms with Gasteiger partial charge in [-0.2, -0.15) is 0 Å². The number of amides is 1. The maximum absolute atomic E-state index is 14.3. The van der Waals surface area contributed by atoms with Crippen LogP contribution in [0.5, 0.6) is 5.75 Å². The molecule has 9 heteroatoms. The highest BCUT2D eigenvalue weighted by Crippen LogP contribution is 2.33. The van der Waals surface area contributed by atoms with Gasteiger partial charge in [0.1, 0.15) is 29.5 Å². The largest absolute Gasteiger partial charge is 0.460 e. The maximum Gasteiger partial charge on any atom is 0.331 e. The minimum Gasteiger partial charge on any atom is -0.460 e. The number of ether oxygens (including phenoxy) is 1. The van der Waals surface area contributed by atoms with Crippen LogP contribution in [0.3, 0.4) is 0 Å². The van der Waals surface area contributed by atoms with Gasteiger partial charge in [-0.15, -0.1) is 0 Å². The fourth-order valence-electron chi connectivity index (χ4n) is 3.26. The van der Waals surface area contributed by atoms with Crippen molar-refractivity contribution < 1.29 is 23.1 Å². The predicted octanol–water partition coefficient (Wildman–Crippen LogP) is 4.64. The first-order valence-electron chi connectivity index (χ1n) is 8.99. The Labute approximate surface area is 179 Å². The van der Waals surface area contributed by atoms with E-state index < -0.39 is 17.2 Å². The monoisotopic (exact) mass is 447 g/mol. The molecule has 1 fully saturated rings. The van der Waals surface area contributed by atoms with Crippen molar-refractivity contribution in [1.29, 1.82) is 0 Å². The Morgan fingerprint density at radius 1 is 1.27 bits per heavy atom. The smallest absolute Gasteiger partial charge is 0.331 e. The number of hydrogen-bond acceptors (Lipinski definition) is 6. The number of benzene rings is 2. The molecule has 1 saturated heterocycles. The molecule has 0 bridgehead atoms. The number of rotatable bonds is 4. The lowest BCUT2D eigenvalue weighted by atomic mass is 10.0. The molecule has 2 aromatic carbocycles. The fraction of sp³-hybridized carbons (Fsp3) is 0.190. The van der Waals surface area contributed by atoms with Crippen molar-refractivity contribution in [2.45, 2.75) is 6.92 Å². The van der Waals surface area contributed by atoms with Gasteiger partial charge in [-0.05, 0) is 31.2 Å². The standard InChI is InChI=1S/C21H15ClFNO5S/c1-11-18(19-14(22)3-2-4-15(19)23)20(26)13-6-5-12(9-16(13)28-11)29-17(25)10-24-7-8-30-21(24)27/h2-6,9H,7-8,10H2,1H3. The summed E-state index contributed by atoms with van der Waals surface area (Å²) in [5.74, 6) is -0.230. The normalized spacial score (nSPS) is 13.8. The first-order chi connectivity index (χ1) is 14.3. The first-order valence-corrected chi connectivity index (χ1v) is 10.4. The topological polar surface area (TPSA) is 76.8 Å². The van der Waals surface area contributed by atoms with E-state index in [2.05, 4.69) is 0 Å². The Morgan fingerprint density at radius 3 is 2.77 bits per heavy atom. The van der Waals surface area contributed by atoms with Crippen LogP contribution in [0.15, 0.2) is 45.6 Å². The van der Waals surface area contributed by atoms with E-state index in [9.17, 15) is 18.8 Å². The van der Waals surface area contributed by atoms with Gasteiger partial charge in [0.2, 0.25) is 5.43 Å². The van der Waals surface area contributed by atoms with Crippen LogP contribution >= 0.6 is 23.4 Å². The number of carbonyl (C=O) groups excluding carboxylic acids is 2. The van der Waals surface area contributed by atoms with Crippen LogP contribution in [0.25, 0.3) is 22.1 Å². The molecule has 1 aliphatic rings. The number of fused-ring (bicyclic) bond motifs is 1. The molecule has 154 valence electrons. The minimum absolute atomic E-state index is 0.0176. The second kappa shape index (κ2) is 8.12. The summed E-state index contributed by atoms with van der Waals surface area (Å²) in [4.78, 5) is 38.1. The summed E-state index contributed by atoms with van der Waals surface area (Å²) < 4.78 is 25.4. The van der Waals surface area contributed by atoms with Crippen LogP contribution in [0.2, 0.25) is 5.02 Å². The van der Waals surface area contributed by atoms with Gasteiger partial charge in [0.25, 0.3) is 5.24 Å². The van der Waals surface area contributed by atoms with Crippen molar-refractivity contribution in [3.05, 3.63) is 63.2 Å². The number of thioether (sulfide) groups is 1. The van der Waals surface area contributed by atoms with Crippen LogP contribution in [-0.4, -0.2) is 35.0 Å². The molecule has 0 unspecified atom stereocenters. The molecule has 0 N–H and O–H groups in total. The van der Waals surface area contributed by atoms with Gasteiger partial charge in [-0.1, -0.05) is 29.4 Å². The molecule has 1 aromatic heterocycles. The molecule has 4 rings (SSSR count). The highest BCUT2D eigenvalue weighted by atomic mass is 35.5. The number of aryl methyl sites for hydroxylation is 1. The molecule has 30 heavy (non-hydrogen) atoms. The highest BCUT2D eigenvalue weighted by molar-refractivity contribution is 8.13. The summed E-state index contributed by atoms with van der Waals surface area (Å²) in [6, 6.07) is 8.47. The van der Waals surface area contributed by atoms with Crippen molar-refractivity contribution in [3.8, 4) is 16.9 Å². The molecule has 0 aliphatic carbocycles. The number of esters is 1. The second-order valence-corrected chi connectivity index (χ2v) is 8.08. The van der Waals surface area contributed by atoms with Gasteiger partial charge in [-0.3, -0.25) is 9.59 Å². The molecule has 0 saturated carbocycles. The van der Waals surface area contributed by atoms with E-state index in [1.807, 2.05) is 0 Å². The van der Waals surface area contributed by atoms with Crippen LogP contribution in [0.1, 0.15) is 5.76 Å². The van der Waals surface area contributed by atoms with Gasteiger partial charge in [-0.25, -0.2) is 9.18 Å². The molecular formula is C21H15ClFNO5S. The zero-order valence-corrected chi connectivity index (χ0v) is 17.3. The maximum atomic E-state index is 14.3. The average molecular weight is 448 g/mol. The third kappa shape index (κ3) is 3.80. The Bertz CT molecular complexity index is 1220. The van der Waals surface area contributed by atoms with Gasteiger partial charge < -0.3 is 14.1 Å².